The molecule has 5 aromatic rings. The molecule has 22 nitrogen and oxygen atoms in total. The predicted molar refractivity (Wildman–Crippen MR) is 327 cm³/mol. The Hall–Kier alpha value is -6.77. The molecule has 0 saturated carbocycles. The maximum absolute atomic E-state index is 15.7. The Morgan fingerprint density at radius 3 is 2.23 bits per heavy atom. The Bertz CT molecular complexity index is 3100. The van der Waals surface area contributed by atoms with E-state index in [-0.39, 0.29) is 61.2 Å². The number of hydrogen-bond donors (Lipinski definition) is 4. The molecule has 0 unspecified atom stereocenters. The SMILES string of the molecule is Cc1ncsc1-c1ccc([C@H](C)NC(=O)[C@@H]2CCCN2C(=O)[C@@H](NC(=O)COCCOCCOCCOCCn2cc(CNc3cc(N4CCC5(CC4)CN(c4cc(F)c(CN6CCC(C)(C)CC6)cc4F)CC(=O)N5)ncn3)nn2)C(C)(C)C)cc1. The van der Waals surface area contributed by atoms with Crippen molar-refractivity contribution in [3.63, 3.8) is 0 Å². The molecule has 2 aromatic carbocycles. The second kappa shape index (κ2) is 29.5. The number of amides is 4. The number of carbonyl (C=O) groups excluding carboxylic acids is 4. The van der Waals surface area contributed by atoms with Crippen LogP contribution in [0.25, 0.3) is 10.4 Å². The van der Waals surface area contributed by atoms with Crippen molar-refractivity contribution in [2.75, 3.05) is 114 Å². The fraction of sp³-hybridized carbons (Fsp3) is 0.597. The molecule has 4 N–H and O–H groups in total. The highest BCUT2D eigenvalue weighted by Gasteiger charge is 2.44. The maximum Gasteiger partial charge on any atom is 0.246 e. The first-order valence-electron chi connectivity index (χ1n) is 30.4. The number of carbonyl (C=O) groups is 4. The Morgan fingerprint density at radius 2 is 1.54 bits per heavy atom. The first-order chi connectivity index (χ1) is 41.7. The Balaban J connectivity index is 0.603. The summed E-state index contributed by atoms with van der Waals surface area (Å²) in [5.74, 6) is -0.786. The van der Waals surface area contributed by atoms with Gasteiger partial charge in [0.15, 0.2) is 0 Å². The minimum Gasteiger partial charge on any atom is -0.377 e. The van der Waals surface area contributed by atoms with Crippen LogP contribution in [0, 0.1) is 29.4 Å². The molecule has 4 aliphatic rings. The average molecular weight is 1230 g/mol. The zero-order chi connectivity index (χ0) is 61.7. The first kappa shape index (κ1) is 64.7. The molecule has 0 bridgehead atoms. The molecule has 7 heterocycles. The van der Waals surface area contributed by atoms with E-state index in [1.54, 1.807) is 25.8 Å². The van der Waals surface area contributed by atoms with Gasteiger partial charge in [0.1, 0.15) is 54.0 Å². The van der Waals surface area contributed by atoms with Gasteiger partial charge in [-0.05, 0) is 93.5 Å². The van der Waals surface area contributed by atoms with E-state index in [2.05, 4.69) is 70.2 Å². The van der Waals surface area contributed by atoms with Crippen LogP contribution < -0.4 is 31.1 Å². The molecule has 3 atom stereocenters. The molecule has 4 fully saturated rings. The number of piperidine rings is 2. The van der Waals surface area contributed by atoms with E-state index in [1.807, 2.05) is 76.7 Å². The van der Waals surface area contributed by atoms with Gasteiger partial charge in [-0.15, -0.1) is 16.4 Å². The number of thiazole rings is 1. The number of halogens is 2. The van der Waals surface area contributed by atoms with Crippen LogP contribution in [-0.4, -0.2) is 180 Å². The molecule has 0 radical (unpaired) electrons. The van der Waals surface area contributed by atoms with E-state index >= 15 is 8.78 Å². The summed E-state index contributed by atoms with van der Waals surface area (Å²) >= 11 is 1.59. The Morgan fingerprint density at radius 1 is 0.839 bits per heavy atom. The van der Waals surface area contributed by atoms with Crippen LogP contribution >= 0.6 is 11.3 Å². The number of benzene rings is 2. The lowest BCUT2D eigenvalue weighted by Crippen LogP contribution is -2.66. The van der Waals surface area contributed by atoms with Crippen LogP contribution in [0.1, 0.15) is 109 Å². The normalized spacial score (nSPS) is 18.6. The summed E-state index contributed by atoms with van der Waals surface area (Å²) in [7, 11) is 0. The van der Waals surface area contributed by atoms with Crippen LogP contribution in [-0.2, 0) is 57.8 Å². The number of hydrogen-bond acceptors (Lipinski definition) is 18. The molecular weight excluding hydrogens is 1140 g/mol. The molecule has 25 heteroatoms. The Labute approximate surface area is 512 Å². The van der Waals surface area contributed by atoms with E-state index in [9.17, 15) is 19.2 Å². The minimum absolute atomic E-state index is 0.0423. The monoisotopic (exact) mass is 1220 g/mol. The number of rotatable bonds is 27. The van der Waals surface area contributed by atoms with Gasteiger partial charge in [0.2, 0.25) is 23.6 Å². The van der Waals surface area contributed by atoms with Crippen molar-refractivity contribution in [2.45, 2.75) is 130 Å². The van der Waals surface area contributed by atoms with E-state index in [0.717, 1.165) is 53.4 Å². The van der Waals surface area contributed by atoms with E-state index < -0.39 is 40.6 Å². The highest BCUT2D eigenvalue weighted by atomic mass is 32.1. The third kappa shape index (κ3) is 17.7. The molecule has 472 valence electrons. The van der Waals surface area contributed by atoms with Crippen molar-refractivity contribution in [3.05, 3.63) is 94.6 Å². The van der Waals surface area contributed by atoms with Gasteiger partial charge in [-0.25, -0.2) is 28.4 Å². The van der Waals surface area contributed by atoms with E-state index in [1.165, 1.54) is 18.5 Å². The van der Waals surface area contributed by atoms with Gasteiger partial charge >= 0.3 is 0 Å². The number of nitrogens with zero attached hydrogens (tertiary/aromatic N) is 10. The van der Waals surface area contributed by atoms with Gasteiger partial charge in [0, 0.05) is 50.4 Å². The first-order valence-corrected chi connectivity index (χ1v) is 31.3. The average Bonchev–Trinajstić information content (AvgIpc) is 2.58. The lowest BCUT2D eigenvalue weighted by Gasteiger charge is -2.48. The van der Waals surface area contributed by atoms with Gasteiger partial charge in [-0.3, -0.25) is 24.1 Å². The quantitative estimate of drug-likeness (QED) is 0.0413. The van der Waals surface area contributed by atoms with Gasteiger partial charge in [0.05, 0.1) is 105 Å². The predicted octanol–water partition coefficient (Wildman–Crippen LogP) is 6.45. The Kier molecular flexibility index (Phi) is 21.9. The maximum atomic E-state index is 15.7. The largest absolute Gasteiger partial charge is 0.377 e. The minimum atomic E-state index is -0.865. The fourth-order valence-electron chi connectivity index (χ4n) is 11.6. The molecule has 1 spiro atoms. The molecule has 3 aromatic heterocycles. The number of ether oxygens (including phenoxy) is 4. The van der Waals surface area contributed by atoms with Gasteiger partial charge in [-0.1, -0.05) is 64.1 Å². The number of likely N-dealkylation sites (tertiary alicyclic amines) is 2. The molecule has 4 aliphatic heterocycles. The zero-order valence-corrected chi connectivity index (χ0v) is 52.2. The zero-order valence-electron chi connectivity index (χ0n) is 51.4. The third-order valence-electron chi connectivity index (χ3n) is 16.9. The highest BCUT2D eigenvalue weighted by molar-refractivity contribution is 7.13. The number of anilines is 3. The van der Waals surface area contributed by atoms with Gasteiger partial charge in [0.25, 0.3) is 0 Å². The molecule has 9 rings (SSSR count). The summed E-state index contributed by atoms with van der Waals surface area (Å²) < 4.78 is 55.5. The van der Waals surface area contributed by atoms with E-state index in [0.29, 0.717) is 122 Å². The molecule has 4 saturated heterocycles. The van der Waals surface area contributed by atoms with Gasteiger partial charge in [-0.2, -0.15) is 0 Å². The van der Waals surface area contributed by atoms with Crippen LogP contribution in [0.3, 0.4) is 0 Å². The summed E-state index contributed by atoms with van der Waals surface area (Å²) in [6, 6.07) is 10.7. The molecular formula is C62H86F2N14O8S. The number of piperazine rings is 1. The molecule has 87 heavy (non-hydrogen) atoms. The second-order valence-electron chi connectivity index (χ2n) is 25.2. The van der Waals surface area contributed by atoms with Crippen LogP contribution in [0.4, 0.5) is 26.1 Å². The van der Waals surface area contributed by atoms with Crippen molar-refractivity contribution in [1.82, 2.24) is 55.7 Å². The molecule has 4 amide bonds. The topological polar surface area (TPSA) is 236 Å². The third-order valence-corrected chi connectivity index (χ3v) is 17.9. The smallest absolute Gasteiger partial charge is 0.246 e. The summed E-state index contributed by atoms with van der Waals surface area (Å²) in [4.78, 5) is 75.8. The highest BCUT2D eigenvalue weighted by Crippen LogP contribution is 2.35. The summed E-state index contributed by atoms with van der Waals surface area (Å²) in [5, 5.41) is 21.0. The summed E-state index contributed by atoms with van der Waals surface area (Å²) in [6.45, 7) is 20.9. The lowest BCUT2D eigenvalue weighted by molar-refractivity contribution is -0.144. The van der Waals surface area contributed by atoms with Crippen molar-refractivity contribution < 1.29 is 46.9 Å². The summed E-state index contributed by atoms with van der Waals surface area (Å²) in [6.07, 6.45) is 7.78. The van der Waals surface area contributed by atoms with Crippen molar-refractivity contribution >= 4 is 52.3 Å². The fourth-order valence-corrected chi connectivity index (χ4v) is 12.4. The second-order valence-corrected chi connectivity index (χ2v) is 26.0. The number of aromatic nitrogens is 6. The summed E-state index contributed by atoms with van der Waals surface area (Å²) in [5.41, 5.74) is 5.04. The standard InChI is InChI=1S/C62H86F2N14O8S/c1-42(44-10-12-45(13-11-44)56-43(2)68-41-87-56)69-58(81)50-9-8-18-78(50)59(82)57(60(3,4)5)70-55(80)38-86-30-29-85-28-27-84-26-25-83-24-23-77-36-47(72-73-77)34-65-52-33-53(67-40-66-52)75-21-16-62(17-22-75)39-76(37-54(79)71-62)51-32-48(63)46(31-49(51)64)35-74-19-14-61(6,7)15-20-74/h10-13,31-33,36,40-42,50,57H,8-9,14-30,34-35,37-39H2,1-7H3,(H,69,81)(H,70,80)(H,71,79)(H,65,66,67)/t42-,50-,57+/m0/s1. The number of nitrogens with one attached hydrogen (secondary N) is 4. The van der Waals surface area contributed by atoms with Crippen LogP contribution in [0.2, 0.25) is 0 Å². The van der Waals surface area contributed by atoms with Crippen molar-refractivity contribution in [3.8, 4) is 10.4 Å². The van der Waals surface area contributed by atoms with E-state index in [4.69, 9.17) is 18.9 Å². The van der Waals surface area contributed by atoms with Gasteiger partial charge < -0.3 is 54.9 Å². The lowest BCUT2D eigenvalue weighted by atomic mass is 9.82. The number of aryl methyl sites for hydroxylation is 1. The van der Waals surface area contributed by atoms with Crippen LogP contribution in [0.15, 0.2) is 60.5 Å². The van der Waals surface area contributed by atoms with Crippen molar-refractivity contribution in [1.29, 1.82) is 0 Å². The van der Waals surface area contributed by atoms with Crippen LogP contribution in [0.5, 0.6) is 0 Å². The molecule has 0 aliphatic carbocycles. The van der Waals surface area contributed by atoms with Crippen molar-refractivity contribution in [2.24, 2.45) is 10.8 Å².